The van der Waals surface area contributed by atoms with Crippen molar-refractivity contribution in [3.8, 4) is 0 Å². The number of carbonyl (C=O) groups is 2. The molecule has 14 heavy (non-hydrogen) atoms. The molecule has 0 saturated heterocycles. The number of imide groups is 1. The molecule has 0 aromatic rings. The molecule has 0 aliphatic rings. The number of carboxylic acid groups (broad SMARTS) is 2. The average Bonchev–Trinajstić information content (AvgIpc) is 2.03. The molecular formula is C7H14N2O5. The highest BCUT2D eigenvalue weighted by Gasteiger charge is 2.19. The molecule has 82 valence electrons. The van der Waals surface area contributed by atoms with Crippen molar-refractivity contribution in [1.29, 1.82) is 0 Å². The minimum absolute atomic E-state index is 0.0450. The van der Waals surface area contributed by atoms with E-state index in [4.69, 9.17) is 15.3 Å². The van der Waals surface area contributed by atoms with E-state index in [-0.39, 0.29) is 19.7 Å². The molecule has 7 heteroatoms. The molecule has 0 fully saturated rings. The number of nitrogens with zero attached hydrogens (tertiary/aromatic N) is 2. The fourth-order valence-corrected chi connectivity index (χ4v) is 0.826. The Labute approximate surface area is 81.2 Å². The summed E-state index contributed by atoms with van der Waals surface area (Å²) in [5.74, 6) is 0. The first-order valence-corrected chi connectivity index (χ1v) is 4.01. The number of aliphatic hydroxyl groups excluding tert-OH is 1. The Kier molecular flexibility index (Phi) is 5.58. The monoisotopic (exact) mass is 206 g/mol. The van der Waals surface area contributed by atoms with Crippen molar-refractivity contribution < 1.29 is 24.9 Å². The first-order valence-electron chi connectivity index (χ1n) is 4.01. The van der Waals surface area contributed by atoms with E-state index in [9.17, 15) is 9.59 Å². The van der Waals surface area contributed by atoms with Crippen molar-refractivity contribution in [2.45, 2.75) is 0 Å². The Morgan fingerprint density at radius 1 is 1.07 bits per heavy atom. The second-order valence-electron chi connectivity index (χ2n) is 2.74. The van der Waals surface area contributed by atoms with Crippen LogP contribution in [0, 0.1) is 0 Å². The van der Waals surface area contributed by atoms with Crippen LogP contribution in [-0.2, 0) is 0 Å². The molecule has 0 atom stereocenters. The lowest BCUT2D eigenvalue weighted by molar-refractivity contribution is 0.117. The van der Waals surface area contributed by atoms with E-state index in [2.05, 4.69) is 0 Å². The second kappa shape index (κ2) is 6.17. The Bertz CT molecular complexity index is 194. The molecule has 3 N–H and O–H groups in total. The Hall–Kier alpha value is -1.34. The van der Waals surface area contributed by atoms with E-state index in [1.165, 1.54) is 0 Å². The molecular weight excluding hydrogens is 192 g/mol. The highest BCUT2D eigenvalue weighted by Crippen LogP contribution is 1.92. The Morgan fingerprint density at radius 3 is 1.93 bits per heavy atom. The third-order valence-corrected chi connectivity index (χ3v) is 1.65. The lowest BCUT2D eigenvalue weighted by Gasteiger charge is -2.18. The summed E-state index contributed by atoms with van der Waals surface area (Å²) in [6, 6.07) is 0. The largest absolute Gasteiger partial charge is 0.465 e. The molecule has 0 radical (unpaired) electrons. The lowest BCUT2D eigenvalue weighted by Crippen LogP contribution is -2.40. The molecule has 0 aromatic heterocycles. The zero-order valence-electron chi connectivity index (χ0n) is 7.88. The van der Waals surface area contributed by atoms with Gasteiger partial charge in [-0.15, -0.1) is 0 Å². The van der Waals surface area contributed by atoms with E-state index in [0.717, 1.165) is 0 Å². The third kappa shape index (κ3) is 4.63. The van der Waals surface area contributed by atoms with E-state index in [1.807, 2.05) is 0 Å². The van der Waals surface area contributed by atoms with Gasteiger partial charge in [0.1, 0.15) is 0 Å². The molecule has 0 unspecified atom stereocenters. The van der Waals surface area contributed by atoms with Gasteiger partial charge >= 0.3 is 12.2 Å². The summed E-state index contributed by atoms with van der Waals surface area (Å²) in [4.78, 5) is 22.7. The minimum atomic E-state index is -1.49. The van der Waals surface area contributed by atoms with Gasteiger partial charge in [0.05, 0.1) is 6.61 Å². The summed E-state index contributed by atoms with van der Waals surface area (Å²) in [7, 11) is 1.66. The van der Waals surface area contributed by atoms with Gasteiger partial charge < -0.3 is 20.2 Å². The standard InChI is InChI=1S/C7H14N2O5/c1-8(4-5-10)2-3-9(6(11)12)7(13)14/h10H,2-5H2,1H3,(H,11,12)(H,13,14). The fourth-order valence-electron chi connectivity index (χ4n) is 0.826. The number of hydrogen-bond acceptors (Lipinski definition) is 4. The normalized spacial score (nSPS) is 10.2. The molecule has 0 spiro atoms. The molecule has 0 rings (SSSR count). The van der Waals surface area contributed by atoms with Crippen molar-refractivity contribution in [1.82, 2.24) is 9.80 Å². The van der Waals surface area contributed by atoms with Crippen molar-refractivity contribution in [2.75, 3.05) is 33.3 Å². The van der Waals surface area contributed by atoms with Crippen molar-refractivity contribution in [3.63, 3.8) is 0 Å². The Morgan fingerprint density at radius 2 is 1.57 bits per heavy atom. The van der Waals surface area contributed by atoms with Crippen LogP contribution in [0.2, 0.25) is 0 Å². The van der Waals surface area contributed by atoms with Gasteiger partial charge in [0.25, 0.3) is 0 Å². The predicted molar refractivity (Wildman–Crippen MR) is 47.3 cm³/mol. The van der Waals surface area contributed by atoms with Gasteiger partial charge in [0.15, 0.2) is 0 Å². The quantitative estimate of drug-likeness (QED) is 0.564. The van der Waals surface area contributed by atoms with Crippen LogP contribution in [0.1, 0.15) is 0 Å². The van der Waals surface area contributed by atoms with Crippen LogP contribution in [-0.4, -0.2) is 70.6 Å². The maximum absolute atomic E-state index is 10.4. The maximum atomic E-state index is 10.4. The highest BCUT2D eigenvalue weighted by molar-refractivity contribution is 5.85. The van der Waals surface area contributed by atoms with Crippen molar-refractivity contribution in [3.05, 3.63) is 0 Å². The van der Waals surface area contributed by atoms with Gasteiger partial charge in [-0.3, -0.25) is 0 Å². The number of likely N-dealkylation sites (N-methyl/N-ethyl adjacent to an activating group) is 1. The highest BCUT2D eigenvalue weighted by atomic mass is 16.4. The van der Waals surface area contributed by atoms with Crippen LogP contribution in [0.3, 0.4) is 0 Å². The summed E-state index contributed by atoms with van der Waals surface area (Å²) in [6.45, 7) is 0.476. The number of aliphatic hydroxyl groups is 1. The number of amides is 2. The molecule has 7 nitrogen and oxygen atoms in total. The summed E-state index contributed by atoms with van der Waals surface area (Å²) in [6.07, 6.45) is -2.98. The van der Waals surface area contributed by atoms with E-state index in [0.29, 0.717) is 11.4 Å². The molecule has 0 aliphatic heterocycles. The summed E-state index contributed by atoms with van der Waals surface area (Å²) < 4.78 is 0. The molecule has 0 aromatic carbocycles. The predicted octanol–water partition coefficient (Wildman–Crippen LogP) is -0.432. The molecule has 0 saturated carbocycles. The second-order valence-corrected chi connectivity index (χ2v) is 2.74. The summed E-state index contributed by atoms with van der Waals surface area (Å²) in [5, 5.41) is 25.5. The van der Waals surface area contributed by atoms with Crippen LogP contribution in [0.5, 0.6) is 0 Å². The van der Waals surface area contributed by atoms with Crippen LogP contribution in [0.4, 0.5) is 9.59 Å². The van der Waals surface area contributed by atoms with E-state index in [1.54, 1.807) is 11.9 Å². The van der Waals surface area contributed by atoms with E-state index >= 15 is 0 Å². The first kappa shape index (κ1) is 12.7. The average molecular weight is 206 g/mol. The van der Waals surface area contributed by atoms with Crippen molar-refractivity contribution >= 4 is 12.2 Å². The summed E-state index contributed by atoms with van der Waals surface area (Å²) >= 11 is 0. The topological polar surface area (TPSA) is 101 Å². The van der Waals surface area contributed by atoms with Crippen LogP contribution >= 0.6 is 0 Å². The molecule has 0 heterocycles. The molecule has 2 amide bonds. The maximum Gasteiger partial charge on any atom is 0.416 e. The van der Waals surface area contributed by atoms with Crippen molar-refractivity contribution in [2.24, 2.45) is 0 Å². The summed E-state index contributed by atoms with van der Waals surface area (Å²) in [5.41, 5.74) is 0. The smallest absolute Gasteiger partial charge is 0.416 e. The third-order valence-electron chi connectivity index (χ3n) is 1.65. The van der Waals surface area contributed by atoms with Gasteiger partial charge in [-0.1, -0.05) is 0 Å². The van der Waals surface area contributed by atoms with Gasteiger partial charge in [-0.25, -0.2) is 14.5 Å². The van der Waals surface area contributed by atoms with Gasteiger partial charge in [-0.05, 0) is 7.05 Å². The zero-order chi connectivity index (χ0) is 11.1. The van der Waals surface area contributed by atoms with Crippen LogP contribution in [0.15, 0.2) is 0 Å². The number of hydrogen-bond donors (Lipinski definition) is 3. The van der Waals surface area contributed by atoms with Crippen LogP contribution in [0.25, 0.3) is 0 Å². The number of rotatable bonds is 5. The van der Waals surface area contributed by atoms with Gasteiger partial charge in [0.2, 0.25) is 0 Å². The first-order chi connectivity index (χ1) is 6.49. The van der Waals surface area contributed by atoms with Gasteiger partial charge in [-0.2, -0.15) is 0 Å². The lowest BCUT2D eigenvalue weighted by atomic mass is 10.5. The van der Waals surface area contributed by atoms with E-state index < -0.39 is 12.2 Å². The fraction of sp³-hybridized carbons (Fsp3) is 0.714. The SMILES string of the molecule is CN(CCO)CCN(C(=O)O)C(=O)O. The van der Waals surface area contributed by atoms with Gasteiger partial charge in [0, 0.05) is 19.6 Å². The molecule has 0 aliphatic carbocycles. The minimum Gasteiger partial charge on any atom is -0.465 e. The zero-order valence-corrected chi connectivity index (χ0v) is 7.88. The Balaban J connectivity index is 3.94. The van der Waals surface area contributed by atoms with Crippen LogP contribution < -0.4 is 0 Å². The molecule has 0 bridgehead atoms.